The number of hydrogen-bond donors (Lipinski definition) is 0. The first-order valence-electron chi connectivity index (χ1n) is 9.09. The minimum absolute atomic E-state index is 0.0600. The fourth-order valence-electron chi connectivity index (χ4n) is 2.77. The normalized spacial score (nSPS) is 12.5. The van der Waals surface area contributed by atoms with Crippen molar-refractivity contribution in [2.45, 2.75) is 43.4 Å². The summed E-state index contributed by atoms with van der Waals surface area (Å²) in [4.78, 5) is 13.2. The van der Waals surface area contributed by atoms with Crippen LogP contribution in [0.5, 0.6) is 0 Å². The van der Waals surface area contributed by atoms with Crippen molar-refractivity contribution in [3.05, 3.63) is 54.3 Å². The Morgan fingerprint density at radius 2 is 2.04 bits per heavy atom. The predicted octanol–water partition coefficient (Wildman–Crippen LogP) is 4.53. The van der Waals surface area contributed by atoms with Crippen molar-refractivity contribution in [2.75, 3.05) is 0 Å². The molecule has 0 bridgehead atoms. The van der Waals surface area contributed by atoms with Crippen LogP contribution in [0.3, 0.4) is 0 Å². The molecule has 1 aromatic carbocycles. The molecule has 0 amide bonds. The summed E-state index contributed by atoms with van der Waals surface area (Å²) in [6.07, 6.45) is 6.16. The van der Waals surface area contributed by atoms with Gasteiger partial charge in [-0.1, -0.05) is 30.3 Å². The minimum atomic E-state index is -0.294. The topological polar surface area (TPSA) is 82.5 Å². The number of nitrogens with zero attached hydrogens (tertiary/aromatic N) is 6. The number of thioether (sulfide) groups is 1. The van der Waals surface area contributed by atoms with Gasteiger partial charge in [0.05, 0.1) is 22.5 Å². The van der Waals surface area contributed by atoms with Crippen LogP contribution in [0.2, 0.25) is 0 Å². The summed E-state index contributed by atoms with van der Waals surface area (Å²) in [5, 5.41) is 9.98. The Bertz CT molecular complexity index is 1080. The van der Waals surface area contributed by atoms with Crippen LogP contribution >= 0.6 is 11.8 Å². The third-order valence-corrected chi connectivity index (χ3v) is 5.38. The smallest absolute Gasteiger partial charge is 0.239 e. The van der Waals surface area contributed by atoms with Crippen LogP contribution in [-0.2, 0) is 6.42 Å². The largest absolute Gasteiger partial charge is 0.338 e. The number of halogens is 1. The molecule has 9 heteroatoms. The molecule has 0 N–H and O–H groups in total. The summed E-state index contributed by atoms with van der Waals surface area (Å²) in [6, 6.07) is 6.12. The van der Waals surface area contributed by atoms with E-state index in [0.29, 0.717) is 11.5 Å². The zero-order chi connectivity index (χ0) is 19.5. The van der Waals surface area contributed by atoms with Gasteiger partial charge in [0, 0.05) is 6.42 Å². The van der Waals surface area contributed by atoms with Crippen LogP contribution < -0.4 is 0 Å². The molecule has 0 aliphatic rings. The van der Waals surface area contributed by atoms with E-state index in [1.165, 1.54) is 30.2 Å². The molecule has 0 aliphatic carbocycles. The van der Waals surface area contributed by atoms with Crippen molar-refractivity contribution in [3.63, 3.8) is 0 Å². The van der Waals surface area contributed by atoms with E-state index >= 15 is 0 Å². The van der Waals surface area contributed by atoms with Crippen molar-refractivity contribution in [2.24, 2.45) is 0 Å². The lowest BCUT2D eigenvalue weighted by atomic mass is 10.2. The van der Waals surface area contributed by atoms with Gasteiger partial charge >= 0.3 is 0 Å². The van der Waals surface area contributed by atoms with E-state index in [4.69, 9.17) is 4.52 Å². The molecule has 0 fully saturated rings. The van der Waals surface area contributed by atoms with Crippen molar-refractivity contribution >= 4 is 22.8 Å². The first-order valence-corrected chi connectivity index (χ1v) is 9.97. The van der Waals surface area contributed by atoms with Gasteiger partial charge in [0.25, 0.3) is 0 Å². The summed E-state index contributed by atoms with van der Waals surface area (Å²) in [6.45, 7) is 4.13. The Labute approximate surface area is 165 Å². The Hall–Kier alpha value is -2.81. The molecule has 4 aromatic rings. The van der Waals surface area contributed by atoms with Crippen LogP contribution in [0.15, 0.2) is 46.3 Å². The van der Waals surface area contributed by atoms with Gasteiger partial charge in [0.1, 0.15) is 17.2 Å². The van der Waals surface area contributed by atoms with E-state index in [9.17, 15) is 4.39 Å². The van der Waals surface area contributed by atoms with Crippen molar-refractivity contribution in [1.82, 2.24) is 29.9 Å². The van der Waals surface area contributed by atoms with Crippen molar-refractivity contribution in [1.29, 1.82) is 0 Å². The quantitative estimate of drug-likeness (QED) is 0.334. The number of rotatable bonds is 7. The second kappa shape index (κ2) is 8.05. The van der Waals surface area contributed by atoms with E-state index in [1.807, 2.05) is 6.92 Å². The van der Waals surface area contributed by atoms with E-state index < -0.39 is 0 Å². The zero-order valence-corrected chi connectivity index (χ0v) is 16.4. The molecule has 3 heterocycles. The van der Waals surface area contributed by atoms with E-state index in [2.05, 4.69) is 32.1 Å². The molecule has 1 unspecified atom stereocenters. The number of unbranched alkanes of at least 4 members (excludes halogenated alkanes) is 1. The number of aromatic nitrogens is 6. The number of aryl methyl sites for hydroxylation is 1. The van der Waals surface area contributed by atoms with Gasteiger partial charge in [0.2, 0.25) is 5.89 Å². The molecule has 144 valence electrons. The highest BCUT2D eigenvalue weighted by Gasteiger charge is 2.19. The Kier molecular flexibility index (Phi) is 5.34. The Morgan fingerprint density at radius 3 is 2.82 bits per heavy atom. The molecular weight excluding hydrogens is 379 g/mol. The molecule has 1 atom stereocenters. The maximum absolute atomic E-state index is 13.2. The highest BCUT2D eigenvalue weighted by molar-refractivity contribution is 7.99. The summed E-state index contributed by atoms with van der Waals surface area (Å²) in [5.74, 6) is 1.02. The highest BCUT2D eigenvalue weighted by atomic mass is 32.2. The number of hydrogen-bond acceptors (Lipinski definition) is 7. The second-order valence-electron chi connectivity index (χ2n) is 6.36. The van der Waals surface area contributed by atoms with Crippen LogP contribution in [0.1, 0.15) is 43.7 Å². The van der Waals surface area contributed by atoms with Gasteiger partial charge in [-0.25, -0.2) is 19.0 Å². The van der Waals surface area contributed by atoms with Gasteiger partial charge in [-0.15, -0.1) is 0 Å². The summed E-state index contributed by atoms with van der Waals surface area (Å²) >= 11 is 1.51. The van der Waals surface area contributed by atoms with Gasteiger partial charge < -0.3 is 4.52 Å². The average Bonchev–Trinajstić information content (AvgIpc) is 3.35. The van der Waals surface area contributed by atoms with Gasteiger partial charge in [-0.2, -0.15) is 10.1 Å². The van der Waals surface area contributed by atoms with Gasteiger partial charge in [0.15, 0.2) is 11.5 Å². The van der Waals surface area contributed by atoms with Gasteiger partial charge in [-0.3, -0.25) is 0 Å². The molecule has 7 nitrogen and oxygen atoms in total. The predicted molar refractivity (Wildman–Crippen MR) is 104 cm³/mol. The van der Waals surface area contributed by atoms with Crippen LogP contribution in [0.25, 0.3) is 16.7 Å². The third kappa shape index (κ3) is 3.75. The lowest BCUT2D eigenvalue weighted by molar-refractivity contribution is 0.374. The van der Waals surface area contributed by atoms with E-state index in [1.54, 1.807) is 23.0 Å². The van der Waals surface area contributed by atoms with Crippen molar-refractivity contribution < 1.29 is 8.91 Å². The average molecular weight is 398 g/mol. The first-order chi connectivity index (χ1) is 13.7. The molecule has 3 aromatic heterocycles. The zero-order valence-electron chi connectivity index (χ0n) is 15.5. The summed E-state index contributed by atoms with van der Waals surface area (Å²) in [7, 11) is 0. The number of benzene rings is 1. The Balaban J connectivity index is 1.59. The fourth-order valence-corrected chi connectivity index (χ4v) is 3.69. The maximum Gasteiger partial charge on any atom is 0.239 e. The molecule has 0 saturated heterocycles. The second-order valence-corrected chi connectivity index (χ2v) is 7.69. The monoisotopic (exact) mass is 398 g/mol. The van der Waals surface area contributed by atoms with Crippen LogP contribution in [0.4, 0.5) is 4.39 Å². The van der Waals surface area contributed by atoms with Crippen molar-refractivity contribution in [3.8, 4) is 5.69 Å². The molecule has 0 aliphatic heterocycles. The molecule has 4 rings (SSSR count). The Morgan fingerprint density at radius 1 is 1.21 bits per heavy atom. The lowest BCUT2D eigenvalue weighted by Gasteiger charge is -2.07. The molecule has 28 heavy (non-hydrogen) atoms. The fraction of sp³-hybridized carbons (Fsp3) is 0.316. The molecule has 0 spiro atoms. The van der Waals surface area contributed by atoms with Crippen LogP contribution in [0, 0.1) is 5.82 Å². The molecule has 0 radical (unpaired) electrons. The SMILES string of the molecule is CCCCc1noc(C(C)Sc2ncnc3c2cnn3-c2ccc(F)cc2)n1. The standard InChI is InChI=1S/C19H19FN6OS/c1-3-4-5-16-24-18(27-25-16)12(2)28-19-15-10-23-26(17(15)21-11-22-19)14-8-6-13(20)7-9-14/h6-12H,3-5H2,1-2H3. The lowest BCUT2D eigenvalue weighted by Crippen LogP contribution is -1.98. The van der Waals surface area contributed by atoms with Gasteiger partial charge in [-0.05, 0) is 37.6 Å². The molecular formula is C19H19FN6OS. The third-order valence-electron chi connectivity index (χ3n) is 4.27. The summed E-state index contributed by atoms with van der Waals surface area (Å²) in [5.41, 5.74) is 1.39. The maximum atomic E-state index is 13.2. The van der Waals surface area contributed by atoms with Crippen LogP contribution in [-0.4, -0.2) is 29.9 Å². The highest BCUT2D eigenvalue weighted by Crippen LogP contribution is 2.36. The van der Waals surface area contributed by atoms with E-state index in [0.717, 1.165) is 41.2 Å². The number of fused-ring (bicyclic) bond motifs is 1. The first kappa shape index (κ1) is 18.5. The molecule has 0 saturated carbocycles. The van der Waals surface area contributed by atoms with E-state index in [-0.39, 0.29) is 11.1 Å². The summed E-state index contributed by atoms with van der Waals surface area (Å²) < 4.78 is 20.3. The minimum Gasteiger partial charge on any atom is -0.338 e.